The Hall–Kier alpha value is -6.38. The molecule has 0 radical (unpaired) electrons. The molecular weight excluding hydrogens is 890 g/mol. The molecule has 2 aromatic carbocycles. The van der Waals surface area contributed by atoms with Gasteiger partial charge >= 0.3 is 48.6 Å². The molecule has 1 saturated heterocycles. The summed E-state index contributed by atoms with van der Waals surface area (Å²) in [6.45, 7) is 5.37. The number of nitrogens with two attached hydrogens (primary N) is 1. The molecule has 1 atom stereocenters. The van der Waals surface area contributed by atoms with Crippen LogP contribution in [-0.4, -0.2) is 117 Å². The van der Waals surface area contributed by atoms with Crippen LogP contribution in [0.1, 0.15) is 24.1 Å². The fraction of sp³-hybridized carbons (Fsp3) is 0.389. The molecule has 27 heteroatoms. The number of aliphatic carboxylic acids is 4. The fourth-order valence-electron chi connectivity index (χ4n) is 4.56. The van der Waals surface area contributed by atoms with E-state index in [0.29, 0.717) is 24.7 Å². The number of carboxylic acids is 4. The van der Waals surface area contributed by atoms with Crippen LogP contribution in [0, 0.1) is 12.8 Å². The number of piperidine rings is 1. The van der Waals surface area contributed by atoms with Gasteiger partial charge in [-0.1, -0.05) is 18.2 Å². The van der Waals surface area contributed by atoms with Gasteiger partial charge in [0.05, 0.1) is 18.3 Å². The van der Waals surface area contributed by atoms with Crippen molar-refractivity contribution in [2.75, 3.05) is 26.3 Å². The molecule has 0 bridgehead atoms. The number of alkyl halides is 12. The maximum Gasteiger partial charge on any atom is 0.490 e. The zero-order valence-electron chi connectivity index (χ0n) is 32.1. The van der Waals surface area contributed by atoms with Gasteiger partial charge in [0.25, 0.3) is 0 Å². The summed E-state index contributed by atoms with van der Waals surface area (Å²) in [6, 6.07) is 16.3. The van der Waals surface area contributed by atoms with Crippen molar-refractivity contribution in [3.05, 3.63) is 72.2 Å². The number of carboxylic acid groups (broad SMARTS) is 4. The van der Waals surface area contributed by atoms with E-state index < -0.39 is 48.6 Å². The number of ether oxygens (including phenoxy) is 2. The predicted octanol–water partition coefficient (Wildman–Crippen LogP) is 6.79. The molecular formula is C36H37F12N5O10. The van der Waals surface area contributed by atoms with Crippen LogP contribution < -0.4 is 20.5 Å². The molecule has 0 saturated carbocycles. The third kappa shape index (κ3) is 21.8. The van der Waals surface area contributed by atoms with Crippen LogP contribution in [0.25, 0.3) is 22.0 Å². The summed E-state index contributed by atoms with van der Waals surface area (Å²) in [6.07, 6.45) is -13.7. The highest BCUT2D eigenvalue weighted by molar-refractivity contribution is 5.86. The Bertz CT molecular complexity index is 1990. The predicted molar refractivity (Wildman–Crippen MR) is 194 cm³/mol. The highest BCUT2D eigenvalue weighted by Crippen LogP contribution is 2.27. The van der Waals surface area contributed by atoms with E-state index in [0.717, 1.165) is 58.7 Å². The lowest BCUT2D eigenvalue weighted by atomic mass is 9.99. The number of fused-ring (bicyclic) bond motifs is 1. The van der Waals surface area contributed by atoms with E-state index in [1.54, 1.807) is 6.20 Å². The Morgan fingerprint density at radius 2 is 1.22 bits per heavy atom. The minimum Gasteiger partial charge on any atom is -0.493 e. The maximum atomic E-state index is 10.6. The molecule has 2 aromatic heterocycles. The third-order valence-corrected chi connectivity index (χ3v) is 7.57. The van der Waals surface area contributed by atoms with Crippen LogP contribution in [0.4, 0.5) is 52.7 Å². The molecule has 1 fully saturated rings. The minimum absolute atomic E-state index is 0.136. The first-order valence-electron chi connectivity index (χ1n) is 17.3. The normalized spacial score (nSPS) is 13.5. The first-order chi connectivity index (χ1) is 28.9. The van der Waals surface area contributed by atoms with E-state index >= 15 is 0 Å². The van der Waals surface area contributed by atoms with Crippen molar-refractivity contribution in [2.24, 2.45) is 11.7 Å². The molecule has 0 aliphatic carbocycles. The number of nitrogens with one attached hydrogen (secondary N) is 2. The lowest BCUT2D eigenvalue weighted by molar-refractivity contribution is -0.193. The summed E-state index contributed by atoms with van der Waals surface area (Å²) >= 11 is 0. The number of benzene rings is 2. The van der Waals surface area contributed by atoms with Crippen LogP contribution in [0.5, 0.6) is 11.5 Å². The molecule has 0 spiro atoms. The lowest BCUT2D eigenvalue weighted by Crippen LogP contribution is -2.30. The smallest absolute Gasteiger partial charge is 0.490 e. The topological polar surface area (TPSA) is 247 Å². The zero-order chi connectivity index (χ0) is 48.3. The summed E-state index contributed by atoms with van der Waals surface area (Å²) in [5.74, 6) is -8.78. The molecule has 1 aliphatic rings. The Morgan fingerprint density at radius 1 is 0.714 bits per heavy atom. The van der Waals surface area contributed by atoms with E-state index in [-0.39, 0.29) is 6.04 Å². The van der Waals surface area contributed by atoms with Crippen LogP contribution >= 0.6 is 0 Å². The second-order valence-corrected chi connectivity index (χ2v) is 12.6. The zero-order valence-corrected chi connectivity index (χ0v) is 32.1. The number of pyridine rings is 1. The molecule has 15 nitrogen and oxygen atoms in total. The molecule has 8 N–H and O–H groups in total. The monoisotopic (exact) mass is 927 g/mol. The van der Waals surface area contributed by atoms with Gasteiger partial charge in [0.1, 0.15) is 18.1 Å². The number of H-pyrrole nitrogens is 1. The summed E-state index contributed by atoms with van der Waals surface area (Å²) in [4.78, 5) is 40.0. The second-order valence-electron chi connectivity index (χ2n) is 12.6. The second kappa shape index (κ2) is 24.3. The first kappa shape index (κ1) is 54.6. The molecule has 0 amide bonds. The van der Waals surface area contributed by atoms with E-state index in [1.807, 2.05) is 37.4 Å². The Balaban J connectivity index is 0.000000574. The van der Waals surface area contributed by atoms with Gasteiger partial charge in [0.15, 0.2) is 0 Å². The van der Waals surface area contributed by atoms with Gasteiger partial charge in [-0.2, -0.15) is 57.8 Å². The Kier molecular flexibility index (Phi) is 21.1. The van der Waals surface area contributed by atoms with Gasteiger partial charge in [-0.3, -0.25) is 10.1 Å². The number of rotatable bonds is 9. The van der Waals surface area contributed by atoms with Crippen molar-refractivity contribution in [1.29, 1.82) is 0 Å². The number of aromatic nitrogens is 3. The first-order valence-corrected chi connectivity index (χ1v) is 17.3. The van der Waals surface area contributed by atoms with Gasteiger partial charge in [-0.15, -0.1) is 0 Å². The maximum absolute atomic E-state index is 10.6. The van der Waals surface area contributed by atoms with Crippen molar-refractivity contribution in [3.63, 3.8) is 0 Å². The molecule has 1 aliphatic heterocycles. The molecule has 3 heterocycles. The average Bonchev–Trinajstić information content (AvgIpc) is 3.56. The number of aryl methyl sites for hydroxylation is 1. The fourth-order valence-corrected chi connectivity index (χ4v) is 4.56. The number of carbonyl (C=O) groups is 4. The van der Waals surface area contributed by atoms with Crippen molar-refractivity contribution in [1.82, 2.24) is 20.5 Å². The average molecular weight is 928 g/mol. The quantitative estimate of drug-likeness (QED) is 0.0855. The van der Waals surface area contributed by atoms with Gasteiger partial charge in [0.2, 0.25) is 0 Å². The van der Waals surface area contributed by atoms with Crippen LogP contribution in [0.15, 0.2) is 60.9 Å². The number of aromatic amines is 1. The lowest BCUT2D eigenvalue weighted by Gasteiger charge is -2.22. The molecule has 350 valence electrons. The number of hydrogen-bond acceptors (Lipinski definition) is 10. The SMILES string of the molecule is Cc1[nH]nc2ccc(-c3cncc(OC[C@@H](N)Cc4cccc(OCC5CCNCC5)c4)c3)cc12.O=C(O)C(F)(F)F.O=C(O)C(F)(F)F.O=C(O)C(F)(F)F.O=C(O)C(F)(F)F. The van der Waals surface area contributed by atoms with Crippen LogP contribution in [0.3, 0.4) is 0 Å². The van der Waals surface area contributed by atoms with Crippen molar-refractivity contribution in [2.45, 2.75) is 56.9 Å². The van der Waals surface area contributed by atoms with Gasteiger partial charge < -0.3 is 41.0 Å². The van der Waals surface area contributed by atoms with Gasteiger partial charge in [0, 0.05) is 28.9 Å². The Labute approximate surface area is 346 Å². The summed E-state index contributed by atoms with van der Waals surface area (Å²) < 4.78 is 139. The molecule has 5 rings (SSSR count). The van der Waals surface area contributed by atoms with Gasteiger partial charge in [-0.05, 0) is 86.7 Å². The summed E-state index contributed by atoms with van der Waals surface area (Å²) in [5, 5.41) is 40.3. The van der Waals surface area contributed by atoms with Crippen LogP contribution in [-0.2, 0) is 25.6 Å². The minimum atomic E-state index is -5.08. The molecule has 63 heavy (non-hydrogen) atoms. The molecule has 0 unspecified atom stereocenters. The summed E-state index contributed by atoms with van der Waals surface area (Å²) in [5.41, 5.74) is 11.6. The Morgan fingerprint density at radius 3 is 1.71 bits per heavy atom. The third-order valence-electron chi connectivity index (χ3n) is 7.57. The summed E-state index contributed by atoms with van der Waals surface area (Å²) in [7, 11) is 0. The number of nitrogens with zero attached hydrogens (tertiary/aromatic N) is 2. The number of halogens is 12. The highest BCUT2D eigenvalue weighted by atomic mass is 19.4. The van der Waals surface area contributed by atoms with E-state index in [4.69, 9.17) is 54.8 Å². The van der Waals surface area contributed by atoms with Gasteiger partial charge in [-0.25, -0.2) is 19.2 Å². The molecule has 4 aromatic rings. The van der Waals surface area contributed by atoms with Crippen molar-refractivity contribution >= 4 is 34.8 Å². The van der Waals surface area contributed by atoms with E-state index in [2.05, 4.69) is 44.8 Å². The largest absolute Gasteiger partial charge is 0.493 e. The van der Waals surface area contributed by atoms with Crippen LogP contribution in [0.2, 0.25) is 0 Å². The standard InChI is InChI=1S/C28H33N5O2.4C2HF3O2/c1-19-27-14-22(5-6-28(27)33-32-19)23-13-26(16-31-15-23)35-18-24(29)11-21-3-2-4-25(12-21)34-17-20-7-9-30-10-8-20;4*3-2(4,5)1(6)7/h2-6,12-16,20,24,30H,7-11,17-18,29H2,1H3,(H,32,33);4*(H,6,7)/t24-;;;;/m0..../s1. The van der Waals surface area contributed by atoms with E-state index in [9.17, 15) is 52.7 Å². The number of hydrogen-bond donors (Lipinski definition) is 7. The van der Waals surface area contributed by atoms with Crippen molar-refractivity contribution in [3.8, 4) is 22.6 Å². The van der Waals surface area contributed by atoms with Crippen molar-refractivity contribution < 1.29 is 102 Å². The van der Waals surface area contributed by atoms with E-state index in [1.165, 1.54) is 12.8 Å². The highest BCUT2D eigenvalue weighted by Gasteiger charge is 2.40.